The Morgan fingerprint density at radius 2 is 2.27 bits per heavy atom. The van der Waals surface area contributed by atoms with Gasteiger partial charge in [-0.25, -0.2) is 5.84 Å². The molecule has 2 rings (SSSR count). The Hall–Kier alpha value is -1.55. The van der Waals surface area contributed by atoms with Gasteiger partial charge in [0.15, 0.2) is 0 Å². The second kappa shape index (κ2) is 4.31. The molecule has 1 atom stereocenters. The Labute approximate surface area is 89.6 Å². The SMILES string of the molecule is CN=C(NN)NC1CCc2ccccc21. The Bertz CT molecular complexity index is 373. The van der Waals surface area contributed by atoms with E-state index in [4.69, 9.17) is 5.84 Å². The van der Waals surface area contributed by atoms with Gasteiger partial charge in [0.2, 0.25) is 5.96 Å². The molecule has 80 valence electrons. The molecular weight excluding hydrogens is 188 g/mol. The van der Waals surface area contributed by atoms with Crippen LogP contribution in [0.1, 0.15) is 23.6 Å². The van der Waals surface area contributed by atoms with Crippen LogP contribution in [0.4, 0.5) is 0 Å². The van der Waals surface area contributed by atoms with E-state index in [9.17, 15) is 0 Å². The standard InChI is InChI=1S/C11H16N4/c1-13-11(15-12)14-10-7-6-8-4-2-3-5-9(8)10/h2-5,10H,6-7,12H2,1H3,(H2,13,14,15). The highest BCUT2D eigenvalue weighted by Gasteiger charge is 2.22. The molecule has 15 heavy (non-hydrogen) atoms. The van der Waals surface area contributed by atoms with E-state index in [1.165, 1.54) is 11.1 Å². The molecule has 1 unspecified atom stereocenters. The van der Waals surface area contributed by atoms with Crippen molar-refractivity contribution in [1.29, 1.82) is 0 Å². The van der Waals surface area contributed by atoms with Crippen LogP contribution in [0.3, 0.4) is 0 Å². The van der Waals surface area contributed by atoms with E-state index in [-0.39, 0.29) is 0 Å². The summed E-state index contributed by atoms with van der Waals surface area (Å²) in [7, 11) is 1.71. The predicted octanol–water partition coefficient (Wildman–Crippen LogP) is 0.713. The molecule has 0 fully saturated rings. The highest BCUT2D eigenvalue weighted by Crippen LogP contribution is 2.30. The van der Waals surface area contributed by atoms with E-state index in [1.54, 1.807) is 7.05 Å². The molecule has 0 radical (unpaired) electrons. The first kappa shape index (κ1) is 9.98. The molecule has 1 aromatic rings. The number of nitrogens with two attached hydrogens (primary N) is 1. The molecule has 0 heterocycles. The van der Waals surface area contributed by atoms with Crippen LogP contribution in [0, 0.1) is 0 Å². The maximum absolute atomic E-state index is 5.34. The minimum absolute atomic E-state index is 0.330. The highest BCUT2D eigenvalue weighted by atomic mass is 15.3. The summed E-state index contributed by atoms with van der Waals surface area (Å²) in [6, 6.07) is 8.81. The van der Waals surface area contributed by atoms with Crippen LogP contribution in [0.15, 0.2) is 29.3 Å². The smallest absolute Gasteiger partial charge is 0.205 e. The molecule has 1 aliphatic carbocycles. The van der Waals surface area contributed by atoms with E-state index in [0.717, 1.165) is 12.8 Å². The average Bonchev–Trinajstić information content (AvgIpc) is 2.69. The fourth-order valence-electron chi connectivity index (χ4n) is 2.04. The van der Waals surface area contributed by atoms with Crippen molar-refractivity contribution in [2.24, 2.45) is 10.8 Å². The topological polar surface area (TPSA) is 62.4 Å². The van der Waals surface area contributed by atoms with E-state index >= 15 is 0 Å². The van der Waals surface area contributed by atoms with Gasteiger partial charge in [0.1, 0.15) is 0 Å². The van der Waals surface area contributed by atoms with Gasteiger partial charge in [0, 0.05) is 7.05 Å². The number of rotatable bonds is 1. The maximum atomic E-state index is 5.34. The minimum atomic E-state index is 0.330. The van der Waals surface area contributed by atoms with E-state index in [2.05, 4.69) is 40.0 Å². The van der Waals surface area contributed by atoms with Crippen molar-refractivity contribution in [3.05, 3.63) is 35.4 Å². The maximum Gasteiger partial charge on any atom is 0.205 e. The van der Waals surface area contributed by atoms with Crippen LogP contribution in [-0.2, 0) is 6.42 Å². The molecule has 0 saturated heterocycles. The first-order chi connectivity index (χ1) is 7.35. The molecule has 0 aromatic heterocycles. The highest BCUT2D eigenvalue weighted by molar-refractivity contribution is 5.79. The zero-order chi connectivity index (χ0) is 10.7. The van der Waals surface area contributed by atoms with Crippen LogP contribution in [0.2, 0.25) is 0 Å². The number of aliphatic imine (C=N–C) groups is 1. The summed E-state index contributed by atoms with van der Waals surface area (Å²) < 4.78 is 0. The first-order valence-corrected chi connectivity index (χ1v) is 5.13. The lowest BCUT2D eigenvalue weighted by atomic mass is 10.1. The Morgan fingerprint density at radius 1 is 1.47 bits per heavy atom. The second-order valence-electron chi connectivity index (χ2n) is 3.65. The number of hydrazine groups is 1. The largest absolute Gasteiger partial charge is 0.349 e. The average molecular weight is 204 g/mol. The molecule has 4 heteroatoms. The van der Waals surface area contributed by atoms with Gasteiger partial charge in [0.05, 0.1) is 6.04 Å². The minimum Gasteiger partial charge on any atom is -0.349 e. The fraction of sp³-hybridized carbons (Fsp3) is 0.364. The number of fused-ring (bicyclic) bond motifs is 1. The quantitative estimate of drug-likeness (QED) is 0.273. The van der Waals surface area contributed by atoms with Gasteiger partial charge < -0.3 is 5.32 Å². The second-order valence-corrected chi connectivity index (χ2v) is 3.65. The number of nitrogens with one attached hydrogen (secondary N) is 2. The lowest BCUT2D eigenvalue weighted by Gasteiger charge is -2.16. The van der Waals surface area contributed by atoms with Gasteiger partial charge in [-0.3, -0.25) is 10.4 Å². The number of nitrogens with zero attached hydrogens (tertiary/aromatic N) is 1. The normalized spacial score (nSPS) is 19.9. The molecule has 1 aliphatic rings. The summed E-state index contributed by atoms with van der Waals surface area (Å²) in [5.41, 5.74) is 5.32. The zero-order valence-electron chi connectivity index (χ0n) is 8.83. The van der Waals surface area contributed by atoms with Crippen molar-refractivity contribution < 1.29 is 0 Å². The van der Waals surface area contributed by atoms with Gasteiger partial charge in [-0.15, -0.1) is 0 Å². The summed E-state index contributed by atoms with van der Waals surface area (Å²) in [5, 5.41) is 3.29. The van der Waals surface area contributed by atoms with Crippen molar-refractivity contribution >= 4 is 5.96 Å². The molecule has 4 nitrogen and oxygen atoms in total. The first-order valence-electron chi connectivity index (χ1n) is 5.13. The molecule has 0 saturated carbocycles. The third kappa shape index (κ3) is 1.94. The lowest BCUT2D eigenvalue weighted by Crippen LogP contribution is -2.42. The van der Waals surface area contributed by atoms with Crippen molar-refractivity contribution in [2.75, 3.05) is 7.05 Å². The summed E-state index contributed by atoms with van der Waals surface area (Å²) in [5.74, 6) is 5.97. The number of hydrogen-bond acceptors (Lipinski definition) is 2. The lowest BCUT2D eigenvalue weighted by molar-refractivity contribution is 0.625. The van der Waals surface area contributed by atoms with Gasteiger partial charge in [-0.2, -0.15) is 0 Å². The Kier molecular flexibility index (Phi) is 2.87. The zero-order valence-corrected chi connectivity index (χ0v) is 8.83. The van der Waals surface area contributed by atoms with Crippen LogP contribution >= 0.6 is 0 Å². The van der Waals surface area contributed by atoms with E-state index in [1.807, 2.05) is 0 Å². The number of guanidine groups is 1. The third-order valence-corrected chi connectivity index (χ3v) is 2.80. The van der Waals surface area contributed by atoms with Crippen LogP contribution in [0.25, 0.3) is 0 Å². The van der Waals surface area contributed by atoms with E-state index in [0.29, 0.717) is 12.0 Å². The monoisotopic (exact) mass is 204 g/mol. The summed E-state index contributed by atoms with van der Waals surface area (Å²) in [6.45, 7) is 0. The van der Waals surface area contributed by atoms with Crippen molar-refractivity contribution in [3.63, 3.8) is 0 Å². The number of hydrogen-bond donors (Lipinski definition) is 3. The summed E-state index contributed by atoms with van der Waals surface area (Å²) in [4.78, 5) is 4.01. The Morgan fingerprint density at radius 3 is 3.00 bits per heavy atom. The van der Waals surface area contributed by atoms with Gasteiger partial charge in [-0.05, 0) is 24.0 Å². The van der Waals surface area contributed by atoms with Crippen LogP contribution in [-0.4, -0.2) is 13.0 Å². The van der Waals surface area contributed by atoms with Crippen LogP contribution < -0.4 is 16.6 Å². The molecule has 4 N–H and O–H groups in total. The van der Waals surface area contributed by atoms with Gasteiger partial charge >= 0.3 is 0 Å². The van der Waals surface area contributed by atoms with Gasteiger partial charge in [0.25, 0.3) is 0 Å². The van der Waals surface area contributed by atoms with Crippen LogP contribution in [0.5, 0.6) is 0 Å². The van der Waals surface area contributed by atoms with Crippen molar-refractivity contribution in [2.45, 2.75) is 18.9 Å². The fourth-order valence-corrected chi connectivity index (χ4v) is 2.04. The van der Waals surface area contributed by atoms with Gasteiger partial charge in [-0.1, -0.05) is 24.3 Å². The predicted molar refractivity (Wildman–Crippen MR) is 61.3 cm³/mol. The van der Waals surface area contributed by atoms with Crippen molar-refractivity contribution in [1.82, 2.24) is 10.7 Å². The molecule has 0 aliphatic heterocycles. The van der Waals surface area contributed by atoms with Crippen molar-refractivity contribution in [3.8, 4) is 0 Å². The number of aryl methyl sites for hydroxylation is 1. The Balaban J connectivity index is 2.14. The summed E-state index contributed by atoms with van der Waals surface area (Å²) >= 11 is 0. The molecular formula is C11H16N4. The molecule has 0 bridgehead atoms. The molecule has 0 spiro atoms. The molecule has 0 amide bonds. The third-order valence-electron chi connectivity index (χ3n) is 2.80. The van der Waals surface area contributed by atoms with E-state index < -0.39 is 0 Å². The molecule has 1 aromatic carbocycles. The number of benzene rings is 1. The summed E-state index contributed by atoms with van der Waals surface area (Å²) in [6.07, 6.45) is 2.22.